The lowest BCUT2D eigenvalue weighted by molar-refractivity contribution is 0.102. The lowest BCUT2D eigenvalue weighted by Crippen LogP contribution is -2.15. The fourth-order valence-corrected chi connectivity index (χ4v) is 4.21. The van der Waals surface area contributed by atoms with E-state index < -0.39 is 27.4 Å². The Hall–Kier alpha value is -3.69. The molecule has 7 nitrogen and oxygen atoms in total. The van der Waals surface area contributed by atoms with Crippen LogP contribution in [0.1, 0.15) is 10.4 Å². The van der Waals surface area contributed by atoms with E-state index in [1.807, 2.05) is 0 Å². The number of amides is 1. The van der Waals surface area contributed by atoms with Crippen LogP contribution in [0.3, 0.4) is 0 Å². The Balaban J connectivity index is 1.58. The molecule has 0 saturated heterocycles. The summed E-state index contributed by atoms with van der Waals surface area (Å²) in [6, 6.07) is 16.0. The van der Waals surface area contributed by atoms with E-state index in [2.05, 4.69) is 10.0 Å². The monoisotopic (exact) mass is 472 g/mol. The minimum atomic E-state index is -4.05. The molecule has 2 N–H and O–H groups in total. The molecule has 0 bridgehead atoms. The first-order chi connectivity index (χ1) is 15.2. The molecule has 0 unspecified atom stereocenters. The standard InChI is InChI=1S/C22H14ClFN2O5S/c23-18-8-1-14(12-19(18)26-32(29,30)17-6-3-15(24)4-7-17)22(28)25-16-5-9-20-13(11-16)2-10-21(27)31-20/h1-12,26H,(H,25,28). The van der Waals surface area contributed by atoms with Gasteiger partial charge in [0.2, 0.25) is 0 Å². The molecule has 0 atom stereocenters. The van der Waals surface area contributed by atoms with Crippen LogP contribution in [0, 0.1) is 5.82 Å². The Morgan fingerprint density at radius 2 is 1.69 bits per heavy atom. The van der Waals surface area contributed by atoms with Crippen molar-refractivity contribution in [1.82, 2.24) is 0 Å². The average Bonchev–Trinajstić information content (AvgIpc) is 2.75. The molecule has 0 spiro atoms. The highest BCUT2D eigenvalue weighted by Gasteiger charge is 2.17. The van der Waals surface area contributed by atoms with Gasteiger partial charge in [0, 0.05) is 22.7 Å². The van der Waals surface area contributed by atoms with E-state index >= 15 is 0 Å². The number of anilines is 2. The number of hydrogen-bond acceptors (Lipinski definition) is 5. The van der Waals surface area contributed by atoms with Crippen molar-refractivity contribution in [3.63, 3.8) is 0 Å². The molecule has 10 heteroatoms. The number of benzene rings is 3. The van der Waals surface area contributed by atoms with E-state index in [0.29, 0.717) is 16.7 Å². The molecular formula is C22H14ClFN2O5S. The predicted octanol–water partition coefficient (Wildman–Crippen LogP) is 4.64. The van der Waals surface area contributed by atoms with E-state index in [9.17, 15) is 22.4 Å². The van der Waals surface area contributed by atoms with Gasteiger partial charge in [-0.3, -0.25) is 9.52 Å². The maximum Gasteiger partial charge on any atom is 0.336 e. The number of carbonyl (C=O) groups is 1. The summed E-state index contributed by atoms with van der Waals surface area (Å²) in [7, 11) is -4.05. The third-order valence-corrected chi connectivity index (χ3v) is 6.18. The fourth-order valence-electron chi connectivity index (χ4n) is 2.92. The third-order valence-electron chi connectivity index (χ3n) is 4.47. The van der Waals surface area contributed by atoms with E-state index in [1.165, 1.54) is 24.3 Å². The molecule has 0 aliphatic carbocycles. The second-order valence-electron chi connectivity index (χ2n) is 6.72. The topological polar surface area (TPSA) is 105 Å². The van der Waals surface area contributed by atoms with E-state index in [4.69, 9.17) is 16.0 Å². The molecule has 0 saturated carbocycles. The van der Waals surface area contributed by atoms with Crippen molar-refractivity contribution in [2.45, 2.75) is 4.90 Å². The first-order valence-electron chi connectivity index (χ1n) is 9.14. The van der Waals surface area contributed by atoms with Gasteiger partial charge in [-0.1, -0.05) is 11.6 Å². The van der Waals surface area contributed by atoms with Gasteiger partial charge in [0.15, 0.2) is 0 Å². The number of nitrogens with one attached hydrogen (secondary N) is 2. The maximum atomic E-state index is 13.1. The summed E-state index contributed by atoms with van der Waals surface area (Å²) in [5.41, 5.74) is 0.472. The predicted molar refractivity (Wildman–Crippen MR) is 119 cm³/mol. The number of halogens is 2. The van der Waals surface area contributed by atoms with Gasteiger partial charge in [0.1, 0.15) is 11.4 Å². The molecule has 1 aromatic heterocycles. The third kappa shape index (κ3) is 4.63. The molecule has 4 rings (SSSR count). The van der Waals surface area contributed by atoms with Crippen LogP contribution in [0.25, 0.3) is 11.0 Å². The molecule has 0 aliphatic rings. The van der Waals surface area contributed by atoms with Gasteiger partial charge < -0.3 is 9.73 Å². The summed E-state index contributed by atoms with van der Waals surface area (Å²) in [4.78, 5) is 23.8. The van der Waals surface area contributed by atoms with E-state index in [0.717, 1.165) is 24.3 Å². The number of sulfonamides is 1. The van der Waals surface area contributed by atoms with Crippen molar-refractivity contribution < 1.29 is 22.0 Å². The number of rotatable bonds is 5. The van der Waals surface area contributed by atoms with Crippen LogP contribution in [0.2, 0.25) is 5.02 Å². The molecule has 162 valence electrons. The van der Waals surface area contributed by atoms with Gasteiger partial charge in [-0.25, -0.2) is 17.6 Å². The SMILES string of the molecule is O=C(Nc1ccc2oc(=O)ccc2c1)c1ccc(Cl)c(NS(=O)(=O)c2ccc(F)cc2)c1. The summed E-state index contributed by atoms with van der Waals surface area (Å²) >= 11 is 6.10. The lowest BCUT2D eigenvalue weighted by atomic mass is 10.1. The molecule has 32 heavy (non-hydrogen) atoms. The Bertz CT molecular complexity index is 1500. The quantitative estimate of drug-likeness (QED) is 0.412. The van der Waals surface area contributed by atoms with Crippen LogP contribution in [0.15, 0.2) is 86.9 Å². The van der Waals surface area contributed by atoms with E-state index in [1.54, 1.807) is 24.3 Å². The summed E-state index contributed by atoms with van der Waals surface area (Å²) in [6.45, 7) is 0. The smallest absolute Gasteiger partial charge is 0.336 e. The van der Waals surface area contributed by atoms with Crippen molar-refractivity contribution >= 4 is 49.9 Å². The van der Waals surface area contributed by atoms with Gasteiger partial charge in [-0.05, 0) is 66.7 Å². The van der Waals surface area contributed by atoms with Crippen LogP contribution in [-0.4, -0.2) is 14.3 Å². The maximum absolute atomic E-state index is 13.1. The van der Waals surface area contributed by atoms with Gasteiger partial charge >= 0.3 is 5.63 Å². The zero-order chi connectivity index (χ0) is 22.9. The zero-order valence-electron chi connectivity index (χ0n) is 16.1. The summed E-state index contributed by atoms with van der Waals surface area (Å²) < 4.78 is 45.6. The number of fused-ring (bicyclic) bond motifs is 1. The van der Waals surface area contributed by atoms with Crippen molar-refractivity contribution in [1.29, 1.82) is 0 Å². The molecule has 1 amide bonds. The fraction of sp³-hybridized carbons (Fsp3) is 0. The first-order valence-corrected chi connectivity index (χ1v) is 11.0. The van der Waals surface area contributed by atoms with Crippen LogP contribution >= 0.6 is 11.6 Å². The summed E-state index contributed by atoms with van der Waals surface area (Å²) in [6.07, 6.45) is 0. The van der Waals surface area contributed by atoms with Gasteiger partial charge in [-0.2, -0.15) is 0 Å². The van der Waals surface area contributed by atoms with Crippen LogP contribution < -0.4 is 15.7 Å². The van der Waals surface area contributed by atoms with Gasteiger partial charge in [-0.15, -0.1) is 0 Å². The van der Waals surface area contributed by atoms with Gasteiger partial charge in [0.05, 0.1) is 15.6 Å². The highest BCUT2D eigenvalue weighted by Crippen LogP contribution is 2.27. The van der Waals surface area contributed by atoms with Crippen molar-refractivity contribution in [3.05, 3.63) is 99.6 Å². The summed E-state index contributed by atoms with van der Waals surface area (Å²) in [5.74, 6) is -1.09. The molecular weight excluding hydrogens is 459 g/mol. The Labute approximate surface area is 186 Å². The Morgan fingerprint density at radius 3 is 2.44 bits per heavy atom. The van der Waals surface area contributed by atoms with E-state index in [-0.39, 0.29) is 21.2 Å². The largest absolute Gasteiger partial charge is 0.423 e. The van der Waals surface area contributed by atoms with Crippen LogP contribution in [0.5, 0.6) is 0 Å². The first kappa shape index (κ1) is 21.5. The second kappa shape index (κ2) is 8.45. The van der Waals surface area contributed by atoms with Crippen molar-refractivity contribution in [2.75, 3.05) is 10.0 Å². The molecule has 4 aromatic rings. The minimum absolute atomic E-state index is 0.0103. The van der Waals surface area contributed by atoms with Crippen molar-refractivity contribution in [3.8, 4) is 0 Å². The number of carbonyl (C=O) groups excluding carboxylic acids is 1. The molecule has 1 heterocycles. The van der Waals surface area contributed by atoms with Crippen LogP contribution in [0.4, 0.5) is 15.8 Å². The highest BCUT2D eigenvalue weighted by atomic mass is 35.5. The summed E-state index contributed by atoms with van der Waals surface area (Å²) in [5, 5.41) is 3.39. The molecule has 0 radical (unpaired) electrons. The zero-order valence-corrected chi connectivity index (χ0v) is 17.7. The Kier molecular flexibility index (Phi) is 5.68. The Morgan fingerprint density at radius 1 is 0.938 bits per heavy atom. The molecule has 3 aromatic carbocycles. The molecule has 0 aliphatic heterocycles. The van der Waals surface area contributed by atoms with Gasteiger partial charge in [0.25, 0.3) is 15.9 Å². The lowest BCUT2D eigenvalue weighted by Gasteiger charge is -2.12. The molecule has 0 fully saturated rings. The average molecular weight is 473 g/mol. The minimum Gasteiger partial charge on any atom is -0.423 e. The number of hydrogen-bond donors (Lipinski definition) is 2. The van der Waals surface area contributed by atoms with Crippen LogP contribution in [-0.2, 0) is 10.0 Å². The highest BCUT2D eigenvalue weighted by molar-refractivity contribution is 7.92. The normalized spacial score (nSPS) is 11.3. The second-order valence-corrected chi connectivity index (χ2v) is 8.80. The van der Waals surface area contributed by atoms with Crippen molar-refractivity contribution in [2.24, 2.45) is 0 Å².